The van der Waals surface area contributed by atoms with Crippen LogP contribution >= 0.6 is 46.3 Å². The highest BCUT2D eigenvalue weighted by atomic mass is 35.5. The number of halogens is 2. The van der Waals surface area contributed by atoms with Crippen molar-refractivity contribution in [2.24, 2.45) is 0 Å². The molecule has 0 saturated carbocycles. The van der Waals surface area contributed by atoms with Crippen molar-refractivity contribution in [2.45, 2.75) is 17.6 Å². The van der Waals surface area contributed by atoms with Gasteiger partial charge in [0.1, 0.15) is 15.8 Å². The lowest BCUT2D eigenvalue weighted by atomic mass is 10.4. The van der Waals surface area contributed by atoms with E-state index in [0.29, 0.717) is 10.9 Å². The molecule has 0 atom stereocenters. The van der Waals surface area contributed by atoms with Crippen molar-refractivity contribution >= 4 is 56.5 Å². The molecule has 0 N–H and O–H groups in total. The van der Waals surface area contributed by atoms with E-state index in [1.165, 1.54) is 4.88 Å². The van der Waals surface area contributed by atoms with Gasteiger partial charge in [0.2, 0.25) is 0 Å². The molecule has 0 fully saturated rings. The van der Waals surface area contributed by atoms with Crippen LogP contribution in [0.5, 0.6) is 0 Å². The van der Waals surface area contributed by atoms with Crippen LogP contribution in [0.1, 0.15) is 10.7 Å². The van der Waals surface area contributed by atoms with Crippen LogP contribution in [0.4, 0.5) is 0 Å². The molecule has 0 bridgehead atoms. The van der Waals surface area contributed by atoms with Crippen LogP contribution in [0.3, 0.4) is 0 Å². The van der Waals surface area contributed by atoms with Crippen LogP contribution < -0.4 is 0 Å². The normalized spacial score (nSPS) is 11.2. The summed E-state index contributed by atoms with van der Waals surface area (Å²) in [7, 11) is 0. The summed E-state index contributed by atoms with van der Waals surface area (Å²) < 4.78 is 0. The number of fused-ring (bicyclic) bond motifs is 1. The van der Waals surface area contributed by atoms with Gasteiger partial charge in [-0.1, -0.05) is 29.3 Å². The van der Waals surface area contributed by atoms with Crippen molar-refractivity contribution in [1.82, 2.24) is 9.97 Å². The summed E-state index contributed by atoms with van der Waals surface area (Å²) in [4.78, 5) is 12.2. The van der Waals surface area contributed by atoms with E-state index < -0.39 is 0 Å². The predicted octanol–water partition coefficient (Wildman–Crippen LogP) is 5.60. The Labute approximate surface area is 135 Å². The Balaban J connectivity index is 1.84. The molecule has 0 aliphatic rings. The molecule has 20 heavy (non-hydrogen) atoms. The maximum atomic E-state index is 6.21. The second kappa shape index (κ2) is 5.90. The minimum absolute atomic E-state index is 0.529. The zero-order valence-corrected chi connectivity index (χ0v) is 13.7. The van der Waals surface area contributed by atoms with E-state index in [1.54, 1.807) is 23.1 Å². The topological polar surface area (TPSA) is 25.8 Å². The Hall–Kier alpha value is -0.810. The van der Waals surface area contributed by atoms with Crippen molar-refractivity contribution in [2.75, 3.05) is 0 Å². The van der Waals surface area contributed by atoms with Crippen LogP contribution in [-0.4, -0.2) is 9.97 Å². The van der Waals surface area contributed by atoms with Gasteiger partial charge in [-0.25, -0.2) is 9.97 Å². The molecular weight excluding hydrogens is 331 g/mol. The Morgan fingerprint density at radius 2 is 2.05 bits per heavy atom. The number of benzene rings is 1. The summed E-state index contributed by atoms with van der Waals surface area (Å²) in [6, 6.07) is 9.77. The molecule has 3 aromatic rings. The second-order valence-electron chi connectivity index (χ2n) is 4.25. The largest absolute Gasteiger partial charge is 0.221 e. The molecule has 0 spiro atoms. The number of rotatable bonds is 3. The van der Waals surface area contributed by atoms with Crippen molar-refractivity contribution in [3.63, 3.8) is 0 Å². The molecule has 0 radical (unpaired) electrons. The third-order valence-corrected chi connectivity index (χ3v) is 5.14. The fourth-order valence-corrected chi connectivity index (χ4v) is 4.08. The van der Waals surface area contributed by atoms with E-state index in [2.05, 4.69) is 9.97 Å². The summed E-state index contributed by atoms with van der Waals surface area (Å²) >= 11 is 15.5. The van der Waals surface area contributed by atoms with Crippen molar-refractivity contribution in [3.8, 4) is 0 Å². The number of aryl methyl sites for hydroxylation is 1. The van der Waals surface area contributed by atoms with E-state index in [4.69, 9.17) is 23.2 Å². The Bertz CT molecular complexity index is 771. The smallest absolute Gasteiger partial charge is 0.142 e. The summed E-state index contributed by atoms with van der Waals surface area (Å²) in [5.74, 6) is 1.42. The Morgan fingerprint density at radius 3 is 2.85 bits per heavy atom. The summed E-state index contributed by atoms with van der Waals surface area (Å²) in [6.07, 6.45) is 0. The molecular formula is C14H10Cl2N2S2. The number of hydrogen-bond acceptors (Lipinski definition) is 4. The van der Waals surface area contributed by atoms with Gasteiger partial charge >= 0.3 is 0 Å². The van der Waals surface area contributed by atoms with Gasteiger partial charge < -0.3 is 0 Å². The van der Waals surface area contributed by atoms with Crippen LogP contribution in [0.15, 0.2) is 35.2 Å². The first-order valence-corrected chi connectivity index (χ1v) is 8.48. The highest BCUT2D eigenvalue weighted by Crippen LogP contribution is 2.30. The molecule has 0 aliphatic carbocycles. The second-order valence-corrected chi connectivity index (χ2v) is 7.33. The van der Waals surface area contributed by atoms with Gasteiger partial charge in [0.25, 0.3) is 0 Å². The van der Waals surface area contributed by atoms with Gasteiger partial charge in [-0.15, -0.1) is 23.1 Å². The molecule has 2 nitrogen and oxygen atoms in total. The predicted molar refractivity (Wildman–Crippen MR) is 88.2 cm³/mol. The molecule has 0 amide bonds. The zero-order valence-electron chi connectivity index (χ0n) is 10.6. The lowest BCUT2D eigenvalue weighted by molar-refractivity contribution is 1.08. The van der Waals surface area contributed by atoms with E-state index >= 15 is 0 Å². The first-order chi connectivity index (χ1) is 9.61. The third-order valence-electron chi connectivity index (χ3n) is 2.68. The van der Waals surface area contributed by atoms with E-state index in [0.717, 1.165) is 26.0 Å². The van der Waals surface area contributed by atoms with Crippen molar-refractivity contribution in [1.29, 1.82) is 0 Å². The number of nitrogens with zero attached hydrogens (tertiary/aromatic N) is 2. The van der Waals surface area contributed by atoms with Crippen LogP contribution in [-0.2, 0) is 5.75 Å². The van der Waals surface area contributed by atoms with Crippen LogP contribution in [0.25, 0.3) is 10.2 Å². The average Bonchev–Trinajstić information content (AvgIpc) is 2.78. The summed E-state index contributed by atoms with van der Waals surface area (Å²) in [6.45, 7) is 2.04. The monoisotopic (exact) mass is 340 g/mol. The van der Waals surface area contributed by atoms with Crippen molar-refractivity contribution < 1.29 is 0 Å². The Kier molecular flexibility index (Phi) is 4.17. The molecule has 2 aromatic heterocycles. The molecule has 102 valence electrons. The van der Waals surface area contributed by atoms with Gasteiger partial charge in [0.15, 0.2) is 0 Å². The average molecular weight is 341 g/mol. The fraction of sp³-hybridized carbons (Fsp3) is 0.143. The lowest BCUT2D eigenvalue weighted by Crippen LogP contribution is -1.92. The van der Waals surface area contributed by atoms with E-state index in [-0.39, 0.29) is 0 Å². The third kappa shape index (κ3) is 3.09. The SMILES string of the molecule is Cc1cc2c(Cl)nc(CSc3cccc(Cl)c3)nc2s1. The quantitative estimate of drug-likeness (QED) is 0.458. The van der Waals surface area contributed by atoms with Gasteiger partial charge in [-0.05, 0) is 31.2 Å². The number of thiophene rings is 1. The molecule has 1 aromatic carbocycles. The Morgan fingerprint density at radius 1 is 1.20 bits per heavy atom. The molecule has 2 heterocycles. The molecule has 0 unspecified atom stereocenters. The lowest BCUT2D eigenvalue weighted by Gasteiger charge is -2.02. The van der Waals surface area contributed by atoms with Gasteiger partial charge in [-0.3, -0.25) is 0 Å². The zero-order chi connectivity index (χ0) is 14.1. The highest BCUT2D eigenvalue weighted by Gasteiger charge is 2.09. The number of aromatic nitrogens is 2. The standard InChI is InChI=1S/C14H10Cl2N2S2/c1-8-5-11-13(16)17-12(18-14(11)20-8)7-19-10-4-2-3-9(15)6-10/h2-6H,7H2,1H3. The molecule has 3 rings (SSSR count). The molecule has 6 heteroatoms. The van der Waals surface area contributed by atoms with E-state index in [1.807, 2.05) is 37.3 Å². The van der Waals surface area contributed by atoms with E-state index in [9.17, 15) is 0 Å². The van der Waals surface area contributed by atoms with Gasteiger partial charge in [0, 0.05) is 20.2 Å². The molecule has 0 aliphatic heterocycles. The summed E-state index contributed by atoms with van der Waals surface area (Å²) in [5.41, 5.74) is 0. The maximum absolute atomic E-state index is 6.21. The first kappa shape index (κ1) is 14.1. The maximum Gasteiger partial charge on any atom is 0.142 e. The fourth-order valence-electron chi connectivity index (χ4n) is 1.82. The van der Waals surface area contributed by atoms with Gasteiger partial charge in [0.05, 0.1) is 5.75 Å². The minimum atomic E-state index is 0.529. The highest BCUT2D eigenvalue weighted by molar-refractivity contribution is 7.98. The van der Waals surface area contributed by atoms with Crippen LogP contribution in [0.2, 0.25) is 10.2 Å². The van der Waals surface area contributed by atoms with Gasteiger partial charge in [-0.2, -0.15) is 0 Å². The minimum Gasteiger partial charge on any atom is -0.221 e. The van der Waals surface area contributed by atoms with Crippen molar-refractivity contribution in [3.05, 3.63) is 51.2 Å². The number of thioether (sulfide) groups is 1. The summed E-state index contributed by atoms with van der Waals surface area (Å²) in [5, 5.41) is 2.20. The number of hydrogen-bond donors (Lipinski definition) is 0. The van der Waals surface area contributed by atoms with Crippen LogP contribution in [0, 0.1) is 6.92 Å². The molecule has 0 saturated heterocycles. The first-order valence-electron chi connectivity index (χ1n) is 5.93.